The van der Waals surface area contributed by atoms with Crippen molar-refractivity contribution in [2.75, 3.05) is 5.32 Å². The Morgan fingerprint density at radius 1 is 1.05 bits per heavy atom. The second-order valence-electron chi connectivity index (χ2n) is 5.85. The van der Waals surface area contributed by atoms with Crippen molar-refractivity contribution in [2.24, 2.45) is 5.92 Å². The molecule has 2 aromatic rings. The van der Waals surface area contributed by atoms with Gasteiger partial charge in [0.2, 0.25) is 0 Å². The number of phenolic OH excluding ortho intramolecular Hbond substituents is 1. The summed E-state index contributed by atoms with van der Waals surface area (Å²) in [4.78, 5) is 0. The van der Waals surface area contributed by atoms with Gasteiger partial charge in [-0.2, -0.15) is 0 Å². The van der Waals surface area contributed by atoms with Crippen LogP contribution in [0.15, 0.2) is 48.6 Å². The Bertz CT molecular complexity index is 772. The van der Waals surface area contributed by atoms with Gasteiger partial charge in [0.1, 0.15) is 5.75 Å². The highest BCUT2D eigenvalue weighted by atomic mass is 35.5. The van der Waals surface area contributed by atoms with Crippen molar-refractivity contribution in [1.29, 1.82) is 0 Å². The predicted octanol–water partition coefficient (Wildman–Crippen LogP) is 5.53. The molecular weight excluding hydrogens is 317 g/mol. The molecule has 1 heterocycles. The van der Waals surface area contributed by atoms with Crippen molar-refractivity contribution in [3.05, 3.63) is 69.7 Å². The minimum atomic E-state index is 0.0182. The molecule has 2 nitrogen and oxygen atoms in total. The van der Waals surface area contributed by atoms with Gasteiger partial charge in [-0.25, -0.2) is 0 Å². The zero-order valence-electron chi connectivity index (χ0n) is 11.8. The number of halogens is 2. The number of allylic oxidation sites excluding steroid dienone is 2. The number of phenols is 1. The monoisotopic (exact) mass is 331 g/mol. The second-order valence-corrected chi connectivity index (χ2v) is 6.67. The molecule has 1 aliphatic carbocycles. The van der Waals surface area contributed by atoms with Crippen LogP contribution in [-0.2, 0) is 0 Å². The summed E-state index contributed by atoms with van der Waals surface area (Å²) in [5, 5.41) is 15.2. The Hall–Kier alpha value is -1.64. The summed E-state index contributed by atoms with van der Waals surface area (Å²) < 4.78 is 0. The number of fused-ring (bicyclic) bond motifs is 3. The number of para-hydroxylation sites is 1. The number of anilines is 1. The van der Waals surface area contributed by atoms with Crippen LogP contribution in [0.25, 0.3) is 0 Å². The first kappa shape index (κ1) is 14.0. The van der Waals surface area contributed by atoms with Crippen molar-refractivity contribution in [1.82, 2.24) is 0 Å². The molecule has 0 saturated heterocycles. The molecule has 4 rings (SSSR count). The minimum Gasteiger partial charge on any atom is -0.508 e. The maximum atomic E-state index is 10.2. The molecule has 1 aliphatic heterocycles. The average Bonchev–Trinajstić information content (AvgIpc) is 3.00. The maximum Gasteiger partial charge on any atom is 0.120 e. The van der Waals surface area contributed by atoms with E-state index in [1.54, 1.807) is 6.07 Å². The molecule has 0 fully saturated rings. The third-order valence-corrected chi connectivity index (χ3v) is 5.33. The second kappa shape index (κ2) is 5.22. The molecule has 3 unspecified atom stereocenters. The van der Waals surface area contributed by atoms with Crippen molar-refractivity contribution in [2.45, 2.75) is 18.4 Å². The van der Waals surface area contributed by atoms with E-state index in [-0.39, 0.29) is 12.0 Å². The number of aromatic hydroxyl groups is 1. The lowest BCUT2D eigenvalue weighted by Crippen LogP contribution is -2.29. The lowest BCUT2D eigenvalue weighted by Gasteiger charge is -2.38. The Morgan fingerprint density at radius 2 is 1.82 bits per heavy atom. The molecule has 0 bridgehead atoms. The van der Waals surface area contributed by atoms with Crippen molar-refractivity contribution in [3.8, 4) is 5.75 Å². The van der Waals surface area contributed by atoms with Crippen LogP contribution in [0.5, 0.6) is 5.75 Å². The molecule has 0 spiro atoms. The van der Waals surface area contributed by atoms with Crippen LogP contribution in [0.2, 0.25) is 10.0 Å². The highest BCUT2D eigenvalue weighted by Crippen LogP contribution is 2.54. The zero-order valence-corrected chi connectivity index (χ0v) is 13.3. The van der Waals surface area contributed by atoms with Crippen LogP contribution in [0.3, 0.4) is 0 Å². The number of hydrogen-bond acceptors (Lipinski definition) is 2. The smallest absolute Gasteiger partial charge is 0.120 e. The zero-order chi connectivity index (χ0) is 15.3. The molecule has 2 aromatic carbocycles. The molecule has 0 aromatic heterocycles. The van der Waals surface area contributed by atoms with Crippen LogP contribution < -0.4 is 5.32 Å². The van der Waals surface area contributed by atoms with Gasteiger partial charge in [-0.05, 0) is 30.5 Å². The third kappa shape index (κ3) is 2.02. The molecule has 3 atom stereocenters. The summed E-state index contributed by atoms with van der Waals surface area (Å²) in [6.07, 6.45) is 5.36. The standard InChI is InChI=1S/C18H15Cl2NO/c19-13-8-9-14(20)18-16(13)10-5-3-6-11(10)17(21-18)12-4-1-2-7-15(12)22/h1-5,7-11,17,21-22H,6H2. The predicted molar refractivity (Wildman–Crippen MR) is 90.9 cm³/mol. The number of rotatable bonds is 1. The quantitative estimate of drug-likeness (QED) is 0.674. The van der Waals surface area contributed by atoms with Crippen LogP contribution in [0, 0.1) is 5.92 Å². The largest absolute Gasteiger partial charge is 0.508 e. The van der Waals surface area contributed by atoms with Crippen LogP contribution in [0.1, 0.15) is 29.5 Å². The fourth-order valence-electron chi connectivity index (χ4n) is 3.69. The van der Waals surface area contributed by atoms with Crippen molar-refractivity contribution >= 4 is 28.9 Å². The Morgan fingerprint density at radius 3 is 2.64 bits per heavy atom. The van der Waals surface area contributed by atoms with E-state index in [0.29, 0.717) is 16.7 Å². The van der Waals surface area contributed by atoms with Gasteiger partial charge in [0.05, 0.1) is 16.8 Å². The summed E-state index contributed by atoms with van der Waals surface area (Å²) in [5.74, 6) is 0.871. The maximum absolute atomic E-state index is 10.2. The van der Waals surface area contributed by atoms with Gasteiger partial charge >= 0.3 is 0 Å². The van der Waals surface area contributed by atoms with Gasteiger partial charge in [0.25, 0.3) is 0 Å². The summed E-state index contributed by atoms with van der Waals surface area (Å²) in [7, 11) is 0. The van der Waals surface area contributed by atoms with E-state index in [1.807, 2.05) is 30.3 Å². The summed E-state index contributed by atoms with van der Waals surface area (Å²) in [6, 6.07) is 11.2. The summed E-state index contributed by atoms with van der Waals surface area (Å²) in [6.45, 7) is 0. The van der Waals surface area contributed by atoms with E-state index in [1.165, 1.54) is 0 Å². The average molecular weight is 332 g/mol. The first-order chi connectivity index (χ1) is 10.7. The van der Waals surface area contributed by atoms with E-state index in [0.717, 1.165) is 28.3 Å². The molecule has 0 radical (unpaired) electrons. The fraction of sp³-hybridized carbons (Fsp3) is 0.222. The molecule has 2 aliphatic rings. The Labute approximate surface area is 139 Å². The SMILES string of the molecule is Oc1ccccc1C1Nc2c(Cl)ccc(Cl)c2C2C=CCC21. The summed E-state index contributed by atoms with van der Waals surface area (Å²) in [5.41, 5.74) is 2.86. The van der Waals surface area contributed by atoms with Gasteiger partial charge < -0.3 is 10.4 Å². The molecule has 4 heteroatoms. The molecule has 22 heavy (non-hydrogen) atoms. The number of benzene rings is 2. The number of nitrogens with one attached hydrogen (secondary N) is 1. The van der Waals surface area contributed by atoms with Gasteiger partial charge in [-0.1, -0.05) is 53.6 Å². The van der Waals surface area contributed by atoms with Crippen LogP contribution in [0.4, 0.5) is 5.69 Å². The molecule has 0 saturated carbocycles. The Balaban J connectivity index is 1.88. The number of hydrogen-bond donors (Lipinski definition) is 2. The summed E-state index contributed by atoms with van der Waals surface area (Å²) >= 11 is 12.8. The van der Waals surface area contributed by atoms with Crippen LogP contribution >= 0.6 is 23.2 Å². The lowest BCUT2D eigenvalue weighted by atomic mass is 9.77. The molecular formula is C18H15Cl2NO. The molecule has 2 N–H and O–H groups in total. The highest BCUT2D eigenvalue weighted by molar-refractivity contribution is 6.36. The van der Waals surface area contributed by atoms with E-state index in [2.05, 4.69) is 17.5 Å². The molecule has 0 amide bonds. The normalized spacial score (nSPS) is 25.5. The van der Waals surface area contributed by atoms with Gasteiger partial charge in [0.15, 0.2) is 0 Å². The fourth-order valence-corrected chi connectivity index (χ4v) is 4.19. The van der Waals surface area contributed by atoms with Gasteiger partial charge in [-0.3, -0.25) is 0 Å². The van der Waals surface area contributed by atoms with Gasteiger partial charge in [0, 0.05) is 22.1 Å². The van der Waals surface area contributed by atoms with Gasteiger partial charge in [-0.15, -0.1) is 0 Å². The Kier molecular flexibility index (Phi) is 3.32. The van der Waals surface area contributed by atoms with E-state index >= 15 is 0 Å². The minimum absolute atomic E-state index is 0.0182. The topological polar surface area (TPSA) is 32.3 Å². The lowest BCUT2D eigenvalue weighted by molar-refractivity contribution is 0.402. The van der Waals surface area contributed by atoms with Crippen LogP contribution in [-0.4, -0.2) is 5.11 Å². The van der Waals surface area contributed by atoms with E-state index in [4.69, 9.17) is 23.2 Å². The first-order valence-corrected chi connectivity index (χ1v) is 8.11. The van der Waals surface area contributed by atoms with E-state index < -0.39 is 0 Å². The van der Waals surface area contributed by atoms with Crippen molar-refractivity contribution < 1.29 is 5.11 Å². The molecule has 112 valence electrons. The third-order valence-electron chi connectivity index (χ3n) is 4.69. The van der Waals surface area contributed by atoms with E-state index in [9.17, 15) is 5.11 Å². The first-order valence-electron chi connectivity index (χ1n) is 7.36. The van der Waals surface area contributed by atoms with Crippen molar-refractivity contribution in [3.63, 3.8) is 0 Å². The highest BCUT2D eigenvalue weighted by Gasteiger charge is 2.40.